The lowest BCUT2D eigenvalue weighted by atomic mass is 9.78. The van der Waals surface area contributed by atoms with Crippen molar-refractivity contribution in [1.82, 2.24) is 0 Å². The molecule has 0 aliphatic carbocycles. The van der Waals surface area contributed by atoms with Crippen molar-refractivity contribution >= 4 is 0 Å². The third-order valence-electron chi connectivity index (χ3n) is 4.62. The molecule has 0 aliphatic heterocycles. The Balaban J connectivity index is 2.04. The number of rotatable bonds is 10. The molecular weight excluding hydrogens is 347 g/mol. The van der Waals surface area contributed by atoms with E-state index in [0.29, 0.717) is 12.4 Å². The van der Waals surface area contributed by atoms with Crippen LogP contribution in [0.2, 0.25) is 0 Å². The van der Waals surface area contributed by atoms with E-state index in [1.807, 2.05) is 55.5 Å². The van der Waals surface area contributed by atoms with E-state index in [1.54, 1.807) is 0 Å². The van der Waals surface area contributed by atoms with Gasteiger partial charge in [-0.1, -0.05) is 45.0 Å². The normalized spacial score (nSPS) is 13.9. The molecule has 0 fully saturated rings. The highest BCUT2D eigenvalue weighted by Crippen LogP contribution is 2.33. The minimum atomic E-state index is -1.10. The molecule has 2 atom stereocenters. The summed E-state index contributed by atoms with van der Waals surface area (Å²) in [5.74, 6) is 1.49. The molecule has 0 saturated heterocycles. The Bertz CT molecular complexity index is 623. The third kappa shape index (κ3) is 5.94. The predicted molar refractivity (Wildman–Crippen MR) is 104 cm³/mol. The van der Waals surface area contributed by atoms with Crippen LogP contribution < -0.4 is 9.47 Å². The van der Waals surface area contributed by atoms with Crippen LogP contribution in [0.5, 0.6) is 11.5 Å². The summed E-state index contributed by atoms with van der Waals surface area (Å²) in [6.07, 6.45) is -1.10. The maximum absolute atomic E-state index is 12.3. The zero-order chi connectivity index (χ0) is 19.9. The first-order valence-corrected chi connectivity index (χ1v) is 9.18. The number of alkyl halides is 1. The molecule has 0 heterocycles. The Kier molecular flexibility index (Phi) is 7.63. The minimum Gasteiger partial charge on any atom is -0.493 e. The van der Waals surface area contributed by atoms with Crippen molar-refractivity contribution in [2.45, 2.75) is 32.3 Å². The van der Waals surface area contributed by atoms with E-state index in [-0.39, 0.29) is 24.5 Å². The van der Waals surface area contributed by atoms with Crippen LogP contribution >= 0.6 is 0 Å². The van der Waals surface area contributed by atoms with Gasteiger partial charge in [-0.2, -0.15) is 0 Å². The number of ether oxygens (including phenoxy) is 2. The quantitative estimate of drug-likeness (QED) is 0.663. The first kappa shape index (κ1) is 21.2. The summed E-state index contributed by atoms with van der Waals surface area (Å²) in [5.41, 5.74) is 2.04. The minimum absolute atomic E-state index is 0.0599. The van der Waals surface area contributed by atoms with Crippen molar-refractivity contribution in [2.24, 2.45) is 5.92 Å². The Labute approximate surface area is 160 Å². The van der Waals surface area contributed by atoms with Gasteiger partial charge in [-0.25, -0.2) is 4.39 Å². The zero-order valence-corrected chi connectivity index (χ0v) is 16.2. The summed E-state index contributed by atoms with van der Waals surface area (Å²) in [7, 11) is 0. The predicted octanol–water partition coefficient (Wildman–Crippen LogP) is 3.73. The molecule has 0 radical (unpaired) electrons. The number of aliphatic hydroxyl groups excluding tert-OH is 2. The van der Waals surface area contributed by atoms with Gasteiger partial charge in [0.15, 0.2) is 0 Å². The second-order valence-electron chi connectivity index (χ2n) is 7.39. The van der Waals surface area contributed by atoms with Gasteiger partial charge in [0.05, 0.1) is 6.61 Å². The molecule has 2 rings (SSSR count). The molecule has 0 saturated carbocycles. The summed E-state index contributed by atoms with van der Waals surface area (Å²) >= 11 is 0. The highest BCUT2D eigenvalue weighted by Gasteiger charge is 2.23. The highest BCUT2D eigenvalue weighted by molar-refractivity contribution is 5.41. The van der Waals surface area contributed by atoms with E-state index in [4.69, 9.17) is 14.6 Å². The van der Waals surface area contributed by atoms with Gasteiger partial charge in [-0.05, 0) is 35.4 Å². The van der Waals surface area contributed by atoms with Crippen LogP contribution in [0.1, 0.15) is 31.9 Å². The van der Waals surface area contributed by atoms with Crippen molar-refractivity contribution in [3.8, 4) is 11.5 Å². The topological polar surface area (TPSA) is 58.9 Å². The van der Waals surface area contributed by atoms with Crippen LogP contribution in [0.3, 0.4) is 0 Å². The highest BCUT2D eigenvalue weighted by atomic mass is 19.1. The van der Waals surface area contributed by atoms with Gasteiger partial charge in [-0.15, -0.1) is 0 Å². The molecule has 148 valence electrons. The molecule has 0 bridgehead atoms. The van der Waals surface area contributed by atoms with E-state index < -0.39 is 12.8 Å². The van der Waals surface area contributed by atoms with E-state index >= 15 is 0 Å². The Morgan fingerprint density at radius 3 is 1.74 bits per heavy atom. The van der Waals surface area contributed by atoms with Crippen molar-refractivity contribution in [3.63, 3.8) is 0 Å². The average molecular weight is 376 g/mol. The molecule has 5 heteroatoms. The largest absolute Gasteiger partial charge is 0.493 e. The van der Waals surface area contributed by atoms with Gasteiger partial charge < -0.3 is 19.7 Å². The monoisotopic (exact) mass is 376 g/mol. The molecule has 2 N–H and O–H groups in total. The number of hydrogen-bond donors (Lipinski definition) is 2. The smallest absolute Gasteiger partial charge is 0.119 e. The first-order valence-electron chi connectivity index (χ1n) is 9.18. The summed E-state index contributed by atoms with van der Waals surface area (Å²) < 4.78 is 23.3. The molecule has 2 unspecified atom stereocenters. The summed E-state index contributed by atoms with van der Waals surface area (Å²) in [6.45, 7) is 5.93. The van der Waals surface area contributed by atoms with Crippen LogP contribution in [0, 0.1) is 5.92 Å². The lowest BCUT2D eigenvalue weighted by Gasteiger charge is -2.26. The van der Waals surface area contributed by atoms with Gasteiger partial charge >= 0.3 is 0 Å². The fourth-order valence-electron chi connectivity index (χ4n) is 2.63. The second kappa shape index (κ2) is 9.72. The lowest BCUT2D eigenvalue weighted by molar-refractivity contribution is 0.0842. The summed E-state index contributed by atoms with van der Waals surface area (Å²) in [6, 6.07) is 15.6. The van der Waals surface area contributed by atoms with E-state index in [9.17, 15) is 9.50 Å². The molecule has 0 aliphatic rings. The fraction of sp³-hybridized carbons (Fsp3) is 0.455. The number of aliphatic hydroxyl groups is 2. The molecule has 4 nitrogen and oxygen atoms in total. The van der Waals surface area contributed by atoms with Crippen LogP contribution in [0.4, 0.5) is 4.39 Å². The van der Waals surface area contributed by atoms with Crippen LogP contribution in [-0.2, 0) is 5.41 Å². The second-order valence-corrected chi connectivity index (χ2v) is 7.39. The third-order valence-corrected chi connectivity index (χ3v) is 4.62. The molecule has 2 aromatic rings. The molecular formula is C22H29FO4. The summed E-state index contributed by atoms with van der Waals surface area (Å²) in [4.78, 5) is 0. The fourth-order valence-corrected chi connectivity index (χ4v) is 2.63. The van der Waals surface area contributed by atoms with Gasteiger partial charge in [0, 0.05) is 17.9 Å². The Morgan fingerprint density at radius 1 is 0.889 bits per heavy atom. The Hall–Kier alpha value is -2.11. The van der Waals surface area contributed by atoms with Crippen molar-refractivity contribution < 1.29 is 24.1 Å². The molecule has 0 aromatic heterocycles. The standard InChI is InChI=1S/C22H29FO4/c1-16(13-24)14-26-20-8-4-17(5-9-20)22(2,3)18-6-10-21(11-7-18)27-15-19(25)12-23/h4-11,16,19,24-25H,12-15H2,1-3H3. The molecule has 2 aromatic carbocycles. The molecule has 0 amide bonds. The maximum Gasteiger partial charge on any atom is 0.119 e. The first-order chi connectivity index (χ1) is 12.9. The van der Waals surface area contributed by atoms with Gasteiger partial charge in [0.25, 0.3) is 0 Å². The van der Waals surface area contributed by atoms with Crippen molar-refractivity contribution in [1.29, 1.82) is 0 Å². The molecule has 0 spiro atoms. The number of benzene rings is 2. The molecule has 27 heavy (non-hydrogen) atoms. The van der Waals surface area contributed by atoms with E-state index in [2.05, 4.69) is 13.8 Å². The SMILES string of the molecule is CC(CO)COc1ccc(C(C)(C)c2ccc(OCC(O)CF)cc2)cc1. The van der Waals surface area contributed by atoms with Crippen LogP contribution in [0.25, 0.3) is 0 Å². The average Bonchev–Trinajstić information content (AvgIpc) is 2.70. The van der Waals surface area contributed by atoms with Crippen LogP contribution in [0.15, 0.2) is 48.5 Å². The van der Waals surface area contributed by atoms with Crippen LogP contribution in [-0.4, -0.2) is 42.8 Å². The van der Waals surface area contributed by atoms with Gasteiger partial charge in [0.1, 0.15) is 30.9 Å². The van der Waals surface area contributed by atoms with Gasteiger partial charge in [-0.3, -0.25) is 0 Å². The summed E-state index contributed by atoms with van der Waals surface area (Å²) in [5, 5.41) is 18.3. The van der Waals surface area contributed by atoms with Crippen molar-refractivity contribution in [2.75, 3.05) is 26.5 Å². The van der Waals surface area contributed by atoms with Gasteiger partial charge in [0.2, 0.25) is 0 Å². The lowest BCUT2D eigenvalue weighted by Crippen LogP contribution is -2.20. The van der Waals surface area contributed by atoms with E-state index in [0.717, 1.165) is 16.9 Å². The number of halogens is 1. The Morgan fingerprint density at radius 2 is 1.33 bits per heavy atom. The van der Waals surface area contributed by atoms with Crippen molar-refractivity contribution in [3.05, 3.63) is 59.7 Å². The maximum atomic E-state index is 12.3. The van der Waals surface area contributed by atoms with E-state index in [1.165, 1.54) is 0 Å². The zero-order valence-electron chi connectivity index (χ0n) is 16.2. The number of hydrogen-bond acceptors (Lipinski definition) is 4.